The zero-order valence-corrected chi connectivity index (χ0v) is 66.8. The zero-order valence-electron chi connectivity index (χ0n) is 66.8. The molecule has 5 unspecified atom stereocenters. The molecule has 5 nitrogen and oxygen atoms in total. The Labute approximate surface area is 702 Å². The van der Waals surface area contributed by atoms with Crippen LogP contribution in [0.4, 0.5) is 28.4 Å². The Bertz CT molecular complexity index is 6780. The number of anilines is 5. The minimum Gasteiger partial charge on any atom is -0.329 e. The van der Waals surface area contributed by atoms with Crippen LogP contribution in [0.2, 0.25) is 0 Å². The largest absolute Gasteiger partial charge is 0.329 e. The molecule has 1 fully saturated rings. The maximum Gasteiger partial charge on any atom is 0.0854 e. The lowest BCUT2D eigenvalue weighted by Crippen LogP contribution is -2.37. The highest BCUT2D eigenvalue weighted by atomic mass is 15.2. The topological polar surface area (TPSA) is 16.2 Å². The molecule has 0 N–H and O–H groups in total. The summed E-state index contributed by atoms with van der Waals surface area (Å²) in [5.41, 5.74) is 57.0. The van der Waals surface area contributed by atoms with E-state index in [0.29, 0.717) is 30.2 Å². The summed E-state index contributed by atoms with van der Waals surface area (Å²) in [4.78, 5) is 12.9. The van der Waals surface area contributed by atoms with Crippen molar-refractivity contribution in [3.63, 3.8) is 0 Å². The third-order valence-corrected chi connectivity index (χ3v) is 28.6. The van der Waals surface area contributed by atoms with E-state index in [1.807, 2.05) is 0 Å². The summed E-state index contributed by atoms with van der Waals surface area (Å²) in [7, 11) is 0. The first-order valence-corrected chi connectivity index (χ1v) is 43.6. The van der Waals surface area contributed by atoms with Crippen molar-refractivity contribution in [1.29, 1.82) is 0 Å². The lowest BCUT2D eigenvalue weighted by atomic mass is 9.78. The summed E-state index contributed by atoms with van der Waals surface area (Å²) >= 11 is 0. The number of rotatable bonds is 0. The van der Waals surface area contributed by atoms with Gasteiger partial charge in [0.1, 0.15) is 0 Å². The highest BCUT2D eigenvalue weighted by molar-refractivity contribution is 6.01. The molecule has 10 heterocycles. The van der Waals surface area contributed by atoms with Gasteiger partial charge in [-0.1, -0.05) is 322 Å². The van der Waals surface area contributed by atoms with Gasteiger partial charge in [0.15, 0.2) is 0 Å². The average Bonchev–Trinajstić information content (AvgIpc) is 1.59. The number of hydrogen-bond acceptors (Lipinski definition) is 5. The molecule has 0 saturated carbocycles. The summed E-state index contributed by atoms with van der Waals surface area (Å²) in [5.74, 6) is 0. The molecule has 20 aliphatic rings. The van der Waals surface area contributed by atoms with Crippen molar-refractivity contribution in [2.75, 3.05) is 24.5 Å². The first-order valence-electron chi connectivity index (χ1n) is 43.6. The zero-order chi connectivity index (χ0) is 78.4. The van der Waals surface area contributed by atoms with E-state index >= 15 is 0 Å². The van der Waals surface area contributed by atoms with Gasteiger partial charge in [-0.15, -0.1) is 0 Å². The molecule has 120 heavy (non-hydrogen) atoms. The van der Waals surface area contributed by atoms with Gasteiger partial charge < -0.3 is 24.5 Å². The molecule has 0 spiro atoms. The van der Waals surface area contributed by atoms with Gasteiger partial charge >= 0.3 is 0 Å². The fourth-order valence-corrected chi connectivity index (χ4v) is 24.0. The Hall–Kier alpha value is -14.0. The van der Waals surface area contributed by atoms with Gasteiger partial charge in [0.2, 0.25) is 0 Å². The van der Waals surface area contributed by atoms with Crippen LogP contribution in [0.3, 0.4) is 0 Å². The first-order chi connectivity index (χ1) is 59.7. The third-order valence-electron chi connectivity index (χ3n) is 28.6. The molecular weight excluding hydrogens is 1450 g/mol. The smallest absolute Gasteiger partial charge is 0.0854 e. The van der Waals surface area contributed by atoms with Crippen LogP contribution in [-0.2, 0) is 0 Å². The van der Waals surface area contributed by atoms with Crippen LogP contribution in [0.15, 0.2) is 454 Å². The van der Waals surface area contributed by atoms with Gasteiger partial charge in [-0.25, -0.2) is 0 Å². The second-order valence-electron chi connectivity index (χ2n) is 34.3. The number of para-hydroxylation sites is 5. The normalized spacial score (nSPS) is 22.3. The van der Waals surface area contributed by atoms with E-state index in [9.17, 15) is 0 Å². The van der Waals surface area contributed by atoms with Crippen molar-refractivity contribution in [2.45, 2.75) is 94.4 Å². The van der Waals surface area contributed by atoms with Crippen molar-refractivity contribution < 1.29 is 0 Å². The van der Waals surface area contributed by atoms with Crippen molar-refractivity contribution in [3.8, 4) is 33.4 Å². The van der Waals surface area contributed by atoms with E-state index in [1.165, 1.54) is 218 Å². The van der Waals surface area contributed by atoms with E-state index in [1.54, 1.807) is 5.57 Å². The molecule has 0 amide bonds. The lowest BCUT2D eigenvalue weighted by molar-refractivity contribution is 0.729. The van der Waals surface area contributed by atoms with E-state index in [0.717, 1.165) is 64.2 Å². The summed E-state index contributed by atoms with van der Waals surface area (Å²) < 4.78 is 0. The highest BCUT2D eigenvalue weighted by Crippen LogP contribution is 2.64. The van der Waals surface area contributed by atoms with Crippen LogP contribution < -0.4 is 24.5 Å². The maximum atomic E-state index is 2.59. The van der Waals surface area contributed by atoms with Gasteiger partial charge in [0.05, 0.1) is 30.2 Å². The van der Waals surface area contributed by atoms with Gasteiger partial charge in [-0.05, 0) is 235 Å². The van der Waals surface area contributed by atoms with Gasteiger partial charge in [0.25, 0.3) is 0 Å². The minimum atomic E-state index is 0.311. The van der Waals surface area contributed by atoms with Crippen molar-refractivity contribution in [1.82, 2.24) is 0 Å². The Morgan fingerprint density at radius 3 is 1.12 bits per heavy atom. The molecule has 10 aromatic carbocycles. The van der Waals surface area contributed by atoms with Crippen molar-refractivity contribution in [2.24, 2.45) is 0 Å². The maximum absolute atomic E-state index is 2.59. The van der Waals surface area contributed by atoms with Crippen LogP contribution in [0.25, 0.3) is 55.7 Å². The van der Waals surface area contributed by atoms with Gasteiger partial charge in [-0.2, -0.15) is 0 Å². The van der Waals surface area contributed by atoms with E-state index in [-0.39, 0.29) is 0 Å². The molecule has 0 bridgehead atoms. The lowest BCUT2D eigenvalue weighted by Gasteiger charge is -2.46. The Balaban J connectivity index is 0.0000000811. The highest BCUT2D eigenvalue weighted by Gasteiger charge is 2.49. The molecular formula is C115H85N5. The fraction of sp³-hybridized carbons (Fsp3) is 0.130. The average molecular weight is 1540 g/mol. The summed E-state index contributed by atoms with van der Waals surface area (Å²) in [5, 5.41) is 0. The second-order valence-corrected chi connectivity index (χ2v) is 34.3. The number of nitrogens with zero attached hydrogens (tertiary/aromatic N) is 5. The molecule has 10 aliphatic carbocycles. The van der Waals surface area contributed by atoms with Crippen LogP contribution in [0, 0.1) is 0 Å². The summed E-state index contributed by atoms with van der Waals surface area (Å²) in [6.45, 7) is 0. The number of allylic oxidation sites excluding steroid dienone is 24. The predicted octanol–water partition coefficient (Wildman–Crippen LogP) is 28.4. The van der Waals surface area contributed by atoms with E-state index in [4.69, 9.17) is 0 Å². The molecule has 5 atom stereocenters. The SMILES string of the molecule is C1=C2C3=CCC=C3N3c4ccccc4-c4ccccc4C3C2=CC1.C1=CC2=C(C1)C1=CCC=C1N1c3ccccc3-c3ccccc3C21.C1=CC2=C(C1)C1c3ccccc3-c3ccccc3N1C1=CCC=C12.C1=CC2=C(C1)c1ccccc1C1C3=C(CC=C3)c3ccccc3N21.C1=CC2=C(C1)c1ccccc1C1C3=CCC=C3c3ccccc3N21. The van der Waals surface area contributed by atoms with Crippen LogP contribution in [0.1, 0.15) is 144 Å². The van der Waals surface area contributed by atoms with Gasteiger partial charge in [0, 0.05) is 95.9 Å². The van der Waals surface area contributed by atoms with Crippen LogP contribution in [-0.4, -0.2) is 0 Å². The number of piperidine rings is 1. The molecule has 5 heteroatoms. The van der Waals surface area contributed by atoms with Crippen molar-refractivity contribution in [3.05, 3.63) is 504 Å². The Morgan fingerprint density at radius 1 is 0.208 bits per heavy atom. The predicted molar refractivity (Wildman–Crippen MR) is 495 cm³/mol. The van der Waals surface area contributed by atoms with Crippen molar-refractivity contribution >= 4 is 50.7 Å². The summed E-state index contributed by atoms with van der Waals surface area (Å²) in [6, 6.07) is 90.7. The number of hydrogen-bond donors (Lipinski definition) is 0. The number of fused-ring (bicyclic) bond motifs is 50. The minimum absolute atomic E-state index is 0.311. The second kappa shape index (κ2) is 26.8. The monoisotopic (exact) mass is 1540 g/mol. The Kier molecular flexibility index (Phi) is 15.2. The molecule has 1 saturated heterocycles. The van der Waals surface area contributed by atoms with E-state index < -0.39 is 0 Å². The summed E-state index contributed by atoms with van der Waals surface area (Å²) in [6.07, 6.45) is 57.8. The number of benzene rings is 10. The van der Waals surface area contributed by atoms with Gasteiger partial charge in [-0.3, -0.25) is 0 Å². The first kappa shape index (κ1) is 68.1. The van der Waals surface area contributed by atoms with Crippen LogP contribution >= 0.6 is 0 Å². The third kappa shape index (κ3) is 9.77. The van der Waals surface area contributed by atoms with Crippen LogP contribution in [0.5, 0.6) is 0 Å². The molecule has 0 aromatic heterocycles. The molecule has 10 aromatic rings. The fourth-order valence-electron chi connectivity index (χ4n) is 24.0. The molecule has 30 rings (SSSR count). The standard InChI is InChI=1S/5C23H17N/c2*1-2-9-19-15(7-1)18-11-6-14-22(18)24-21-13-4-3-8-17(21)16-10-5-12-20(16)23(19)24;3*1-2-9-19-15(7-1)17-8-3-4-13-21(17)24-22-14-6-11-18(22)16-10-5-12-20(16)23(19)24/h1-4,6-10,12-14,23H,5,11H2;1-9,12-14,23H,10-11H2;1-4,7-14,23H,5-6H2;1-5,7-9,11-14,23H,6,10H2;1-5,7-11,13-14,23H,6,12H2. The molecule has 570 valence electrons. The molecule has 10 aliphatic heterocycles. The Morgan fingerprint density at radius 2 is 0.542 bits per heavy atom. The molecule has 0 radical (unpaired) electrons. The quantitative estimate of drug-likeness (QED) is 0.150. The van der Waals surface area contributed by atoms with E-state index in [2.05, 4.69) is 389 Å².